The Kier molecular flexibility index (Phi) is 4.63. The summed E-state index contributed by atoms with van der Waals surface area (Å²) in [5, 5.41) is 9.70. The van der Waals surface area contributed by atoms with Crippen LogP contribution >= 0.6 is 0 Å². The number of hydrogen-bond donors (Lipinski definition) is 2. The fourth-order valence-electron chi connectivity index (χ4n) is 2.85. The predicted octanol–water partition coefficient (Wildman–Crippen LogP) is 0.00770. The Labute approximate surface area is 125 Å². The molecular weight excluding hydrogens is 296 g/mol. The van der Waals surface area contributed by atoms with Crippen molar-refractivity contribution in [1.29, 1.82) is 0 Å². The maximum atomic E-state index is 12.5. The molecule has 0 aromatic carbocycles. The van der Waals surface area contributed by atoms with Crippen molar-refractivity contribution in [3.8, 4) is 0 Å². The summed E-state index contributed by atoms with van der Waals surface area (Å²) in [4.78, 5) is 11.9. The first-order valence-corrected chi connectivity index (χ1v) is 8.78. The smallest absolute Gasteiger partial charge is 0.324 e. The molecule has 1 heterocycles. The van der Waals surface area contributed by atoms with Crippen molar-refractivity contribution >= 4 is 16.2 Å². The first-order valence-electron chi connectivity index (χ1n) is 7.34. The molecule has 1 saturated heterocycles. The zero-order valence-electron chi connectivity index (χ0n) is 12.7. The van der Waals surface area contributed by atoms with Gasteiger partial charge in [0, 0.05) is 18.0 Å². The molecule has 8 heteroatoms. The normalized spacial score (nSPS) is 32.7. The molecule has 3 unspecified atom stereocenters. The quantitative estimate of drug-likeness (QED) is 0.696. The summed E-state index contributed by atoms with van der Waals surface area (Å²) in [7, 11) is -3.76. The molecule has 122 valence electrons. The molecule has 0 aromatic rings. The predicted molar refractivity (Wildman–Crippen MR) is 76.6 cm³/mol. The van der Waals surface area contributed by atoms with E-state index < -0.39 is 33.7 Å². The van der Waals surface area contributed by atoms with Gasteiger partial charge in [-0.25, -0.2) is 0 Å². The molecule has 0 spiro atoms. The van der Waals surface area contributed by atoms with Gasteiger partial charge >= 0.3 is 5.97 Å². The molecule has 0 bridgehead atoms. The van der Waals surface area contributed by atoms with Crippen LogP contribution in [0.1, 0.15) is 40.0 Å². The molecule has 0 amide bonds. The van der Waals surface area contributed by atoms with Gasteiger partial charge in [0.1, 0.15) is 6.04 Å². The number of aliphatic hydroxyl groups is 1. The SMILES string of the molecule is CCOC(=O)C1CCCN1S(=O)(=O)NC1CC(O)C1(C)C. The lowest BCUT2D eigenvalue weighted by Gasteiger charge is -2.49. The van der Waals surface area contributed by atoms with E-state index in [4.69, 9.17) is 4.74 Å². The minimum atomic E-state index is -3.76. The number of nitrogens with one attached hydrogen (secondary N) is 1. The summed E-state index contributed by atoms with van der Waals surface area (Å²) >= 11 is 0. The summed E-state index contributed by atoms with van der Waals surface area (Å²) in [6.07, 6.45) is 1.01. The van der Waals surface area contributed by atoms with Gasteiger partial charge in [0.05, 0.1) is 12.7 Å². The molecule has 3 atom stereocenters. The maximum Gasteiger partial charge on any atom is 0.324 e. The second-order valence-electron chi connectivity index (χ2n) is 6.27. The topological polar surface area (TPSA) is 95.9 Å². The van der Waals surface area contributed by atoms with Crippen LogP contribution in [0.25, 0.3) is 0 Å². The molecule has 0 aromatic heterocycles. The van der Waals surface area contributed by atoms with Crippen LogP contribution in [0.15, 0.2) is 0 Å². The second-order valence-corrected chi connectivity index (χ2v) is 7.92. The molecule has 2 aliphatic rings. The van der Waals surface area contributed by atoms with Crippen LogP contribution in [-0.4, -0.2) is 55.1 Å². The minimum Gasteiger partial charge on any atom is -0.465 e. The lowest BCUT2D eigenvalue weighted by Crippen LogP contribution is -2.63. The monoisotopic (exact) mass is 320 g/mol. The minimum absolute atomic E-state index is 0.235. The molecular formula is C13H24N2O5S. The molecule has 7 nitrogen and oxygen atoms in total. The Morgan fingerprint density at radius 3 is 2.67 bits per heavy atom. The summed E-state index contributed by atoms with van der Waals surface area (Å²) in [5.74, 6) is -0.492. The van der Waals surface area contributed by atoms with Crippen LogP contribution in [0.4, 0.5) is 0 Å². The summed E-state index contributed by atoms with van der Waals surface area (Å²) in [5.41, 5.74) is -0.494. The first-order chi connectivity index (χ1) is 9.70. The van der Waals surface area contributed by atoms with E-state index in [2.05, 4.69) is 4.72 Å². The van der Waals surface area contributed by atoms with Crippen LogP contribution < -0.4 is 4.72 Å². The van der Waals surface area contributed by atoms with E-state index in [-0.39, 0.29) is 12.6 Å². The van der Waals surface area contributed by atoms with E-state index in [1.807, 2.05) is 13.8 Å². The summed E-state index contributed by atoms with van der Waals surface area (Å²) in [6, 6.07) is -1.06. The van der Waals surface area contributed by atoms with E-state index in [1.165, 1.54) is 4.31 Å². The molecule has 2 rings (SSSR count). The van der Waals surface area contributed by atoms with Gasteiger partial charge in [-0.1, -0.05) is 13.8 Å². The molecule has 1 aliphatic carbocycles. The average Bonchev–Trinajstić information content (AvgIpc) is 2.88. The maximum absolute atomic E-state index is 12.5. The third-order valence-corrected chi connectivity index (χ3v) is 6.22. The van der Waals surface area contributed by atoms with Crippen molar-refractivity contribution in [2.45, 2.75) is 58.2 Å². The van der Waals surface area contributed by atoms with Gasteiger partial charge in [0.15, 0.2) is 0 Å². The molecule has 2 fully saturated rings. The Balaban J connectivity index is 2.07. The number of ether oxygens (including phenoxy) is 1. The second kappa shape index (κ2) is 5.83. The third-order valence-electron chi connectivity index (χ3n) is 4.58. The average molecular weight is 320 g/mol. The Morgan fingerprint density at radius 1 is 1.48 bits per heavy atom. The highest BCUT2D eigenvalue weighted by Crippen LogP contribution is 2.41. The highest BCUT2D eigenvalue weighted by Gasteiger charge is 2.50. The van der Waals surface area contributed by atoms with Gasteiger partial charge in [-0.2, -0.15) is 17.4 Å². The first kappa shape index (κ1) is 16.7. The van der Waals surface area contributed by atoms with Crippen molar-refractivity contribution in [1.82, 2.24) is 9.03 Å². The van der Waals surface area contributed by atoms with Gasteiger partial charge in [-0.15, -0.1) is 0 Å². The lowest BCUT2D eigenvalue weighted by molar-refractivity contribution is -0.146. The van der Waals surface area contributed by atoms with E-state index in [0.717, 1.165) is 0 Å². The Morgan fingerprint density at radius 2 is 2.14 bits per heavy atom. The van der Waals surface area contributed by atoms with Crippen LogP contribution in [0, 0.1) is 5.41 Å². The number of aliphatic hydroxyl groups excluding tert-OH is 1. The van der Waals surface area contributed by atoms with Crippen LogP contribution in [-0.2, 0) is 19.7 Å². The molecule has 2 N–H and O–H groups in total. The number of rotatable bonds is 5. The summed E-state index contributed by atoms with van der Waals surface area (Å²) in [6.45, 7) is 5.89. The highest BCUT2D eigenvalue weighted by molar-refractivity contribution is 7.87. The summed E-state index contributed by atoms with van der Waals surface area (Å²) < 4.78 is 33.7. The van der Waals surface area contributed by atoms with Crippen molar-refractivity contribution in [2.24, 2.45) is 5.41 Å². The zero-order chi connectivity index (χ0) is 15.8. The van der Waals surface area contributed by atoms with E-state index >= 15 is 0 Å². The van der Waals surface area contributed by atoms with Crippen LogP contribution in [0.3, 0.4) is 0 Å². The molecule has 21 heavy (non-hydrogen) atoms. The van der Waals surface area contributed by atoms with Gasteiger partial charge in [-0.05, 0) is 26.2 Å². The van der Waals surface area contributed by atoms with Crippen LogP contribution in [0.2, 0.25) is 0 Å². The number of nitrogens with zero attached hydrogens (tertiary/aromatic N) is 1. The number of esters is 1. The highest BCUT2D eigenvalue weighted by atomic mass is 32.2. The van der Waals surface area contributed by atoms with Crippen molar-refractivity contribution < 1.29 is 23.1 Å². The van der Waals surface area contributed by atoms with Gasteiger partial charge in [0.2, 0.25) is 0 Å². The van der Waals surface area contributed by atoms with Gasteiger partial charge in [-0.3, -0.25) is 4.79 Å². The van der Waals surface area contributed by atoms with Crippen molar-refractivity contribution in [3.05, 3.63) is 0 Å². The van der Waals surface area contributed by atoms with E-state index in [0.29, 0.717) is 25.8 Å². The van der Waals surface area contributed by atoms with Crippen molar-refractivity contribution in [2.75, 3.05) is 13.2 Å². The number of carbonyl (C=O) groups is 1. The number of hydrogen-bond acceptors (Lipinski definition) is 5. The zero-order valence-corrected chi connectivity index (χ0v) is 13.5. The van der Waals surface area contributed by atoms with E-state index in [9.17, 15) is 18.3 Å². The molecule has 0 radical (unpaired) electrons. The lowest BCUT2D eigenvalue weighted by atomic mass is 9.65. The van der Waals surface area contributed by atoms with Gasteiger partial charge in [0.25, 0.3) is 10.2 Å². The van der Waals surface area contributed by atoms with Gasteiger partial charge < -0.3 is 9.84 Å². The molecule has 1 aliphatic heterocycles. The van der Waals surface area contributed by atoms with Crippen LogP contribution in [0.5, 0.6) is 0 Å². The Bertz CT molecular complexity index is 505. The fraction of sp³-hybridized carbons (Fsp3) is 0.923. The number of carbonyl (C=O) groups excluding carboxylic acids is 1. The van der Waals surface area contributed by atoms with Crippen molar-refractivity contribution in [3.63, 3.8) is 0 Å². The fourth-order valence-corrected chi connectivity index (χ4v) is 4.64. The largest absolute Gasteiger partial charge is 0.465 e. The Hall–Kier alpha value is -0.700. The standard InChI is InChI=1S/C13H24N2O5S/c1-4-20-12(17)9-6-5-7-15(9)21(18,19)14-10-8-11(16)13(10,2)3/h9-11,14,16H,4-8H2,1-3H3. The molecule has 1 saturated carbocycles. The third kappa shape index (κ3) is 3.08. The van der Waals surface area contributed by atoms with E-state index in [1.54, 1.807) is 6.92 Å².